The quantitative estimate of drug-likeness (QED) is 0.748. The molecule has 22 heavy (non-hydrogen) atoms. The summed E-state index contributed by atoms with van der Waals surface area (Å²) in [5.74, 6) is 2.47. The first-order valence-electron chi connectivity index (χ1n) is 9.09. The minimum atomic E-state index is -0.366. The van der Waals surface area contributed by atoms with Gasteiger partial charge in [-0.15, -0.1) is 0 Å². The number of carbonyl (C=O) groups excluding carboxylic acids is 2. The summed E-state index contributed by atoms with van der Waals surface area (Å²) in [4.78, 5) is 24.3. The van der Waals surface area contributed by atoms with E-state index < -0.39 is 0 Å². The summed E-state index contributed by atoms with van der Waals surface area (Å²) in [6, 6.07) is 0. The van der Waals surface area contributed by atoms with Crippen molar-refractivity contribution < 1.29 is 14.7 Å². The molecule has 0 heterocycles. The van der Waals surface area contributed by atoms with Gasteiger partial charge in [0, 0.05) is 24.7 Å². The number of Topliss-reactive ketones (excluding diaryl/α,β-unsaturated/α-hetero) is 2. The third kappa shape index (κ3) is 1.78. The molecular formula is C19H28O3. The van der Waals surface area contributed by atoms with Crippen LogP contribution in [0.25, 0.3) is 0 Å². The monoisotopic (exact) mass is 304 g/mol. The number of hydrogen-bond acceptors (Lipinski definition) is 3. The van der Waals surface area contributed by atoms with Crippen molar-refractivity contribution >= 4 is 11.6 Å². The molecule has 4 aliphatic carbocycles. The van der Waals surface area contributed by atoms with Gasteiger partial charge in [-0.2, -0.15) is 0 Å². The molecule has 4 saturated carbocycles. The molecule has 0 saturated heterocycles. The Morgan fingerprint density at radius 1 is 1.09 bits per heavy atom. The maximum atomic E-state index is 12.4. The second-order valence-corrected chi connectivity index (χ2v) is 8.97. The Bertz CT molecular complexity index is 527. The van der Waals surface area contributed by atoms with Crippen molar-refractivity contribution in [2.45, 2.75) is 71.3 Å². The minimum Gasteiger partial charge on any atom is -0.393 e. The van der Waals surface area contributed by atoms with E-state index in [1.54, 1.807) is 0 Å². The van der Waals surface area contributed by atoms with Crippen LogP contribution in [0.2, 0.25) is 0 Å². The molecule has 7 atom stereocenters. The van der Waals surface area contributed by atoms with Crippen molar-refractivity contribution in [3.05, 3.63) is 0 Å². The number of carbonyl (C=O) groups is 2. The smallest absolute Gasteiger partial charge is 0.139 e. The molecule has 0 aliphatic heterocycles. The van der Waals surface area contributed by atoms with E-state index in [2.05, 4.69) is 13.8 Å². The molecule has 0 unspecified atom stereocenters. The summed E-state index contributed by atoms with van der Waals surface area (Å²) in [6.45, 7) is 4.43. The third-order valence-electron chi connectivity index (χ3n) is 8.12. The van der Waals surface area contributed by atoms with Gasteiger partial charge in [0.25, 0.3) is 0 Å². The SMILES string of the molecule is C[C@]12CCC(=O)C[C@H]1CC[C@@H]1[C@@H]2[C@@H](O)C[C@]2(C)C(=O)CC[C@@H]12. The van der Waals surface area contributed by atoms with Crippen LogP contribution in [0.1, 0.15) is 65.2 Å². The molecule has 0 aromatic carbocycles. The van der Waals surface area contributed by atoms with E-state index in [0.717, 1.165) is 25.7 Å². The first-order chi connectivity index (χ1) is 10.4. The Labute approximate surface area is 132 Å². The lowest BCUT2D eigenvalue weighted by atomic mass is 9.44. The summed E-state index contributed by atoms with van der Waals surface area (Å²) in [6.07, 6.45) is 6.55. The second kappa shape index (κ2) is 4.66. The molecule has 4 aliphatic rings. The minimum absolute atomic E-state index is 0.100. The molecule has 3 nitrogen and oxygen atoms in total. The van der Waals surface area contributed by atoms with Gasteiger partial charge >= 0.3 is 0 Å². The van der Waals surface area contributed by atoms with Crippen molar-refractivity contribution in [2.75, 3.05) is 0 Å². The Hall–Kier alpha value is -0.700. The summed E-state index contributed by atoms with van der Waals surface area (Å²) in [5, 5.41) is 11.0. The van der Waals surface area contributed by atoms with Gasteiger partial charge in [-0.05, 0) is 61.2 Å². The normalized spacial score (nSPS) is 54.6. The summed E-state index contributed by atoms with van der Waals surface area (Å²) < 4.78 is 0. The fraction of sp³-hybridized carbons (Fsp3) is 0.895. The predicted octanol–water partition coefficient (Wildman–Crippen LogP) is 3.14. The second-order valence-electron chi connectivity index (χ2n) is 8.97. The highest BCUT2D eigenvalue weighted by Gasteiger charge is 2.63. The van der Waals surface area contributed by atoms with E-state index in [-0.39, 0.29) is 16.9 Å². The number of aliphatic hydroxyl groups excluding tert-OH is 1. The van der Waals surface area contributed by atoms with Crippen LogP contribution >= 0.6 is 0 Å². The van der Waals surface area contributed by atoms with E-state index in [4.69, 9.17) is 0 Å². The summed E-state index contributed by atoms with van der Waals surface area (Å²) in [7, 11) is 0. The standard InChI is InChI=1S/C19H28O3/c1-18-8-7-12(20)9-11(18)3-4-13-14-5-6-16(22)19(14,2)10-15(21)17(13)18/h11,13-15,17,21H,3-10H2,1-2H3/t11-,13+,14+,15+,17-,18+,19+/m1/s1. The molecule has 4 fully saturated rings. The van der Waals surface area contributed by atoms with Gasteiger partial charge in [0.1, 0.15) is 11.6 Å². The Balaban J connectivity index is 1.70. The van der Waals surface area contributed by atoms with Crippen molar-refractivity contribution in [1.29, 1.82) is 0 Å². The van der Waals surface area contributed by atoms with Crippen LogP contribution in [-0.4, -0.2) is 22.8 Å². The van der Waals surface area contributed by atoms with Gasteiger partial charge < -0.3 is 5.11 Å². The average Bonchev–Trinajstić information content (AvgIpc) is 2.75. The molecule has 3 heteroatoms. The fourth-order valence-corrected chi connectivity index (χ4v) is 6.94. The number of hydrogen-bond donors (Lipinski definition) is 1. The van der Waals surface area contributed by atoms with Gasteiger partial charge in [0.2, 0.25) is 0 Å². The van der Waals surface area contributed by atoms with Crippen LogP contribution in [0.15, 0.2) is 0 Å². The topological polar surface area (TPSA) is 54.4 Å². The molecule has 0 aromatic rings. The maximum absolute atomic E-state index is 12.4. The van der Waals surface area contributed by atoms with Crippen LogP contribution in [0, 0.1) is 34.5 Å². The lowest BCUT2D eigenvalue weighted by molar-refractivity contribution is -0.171. The van der Waals surface area contributed by atoms with Crippen molar-refractivity contribution in [3.63, 3.8) is 0 Å². The van der Waals surface area contributed by atoms with Gasteiger partial charge in [0.05, 0.1) is 6.10 Å². The van der Waals surface area contributed by atoms with Crippen LogP contribution in [0.4, 0.5) is 0 Å². The molecular weight excluding hydrogens is 276 g/mol. The Morgan fingerprint density at radius 3 is 2.64 bits per heavy atom. The Morgan fingerprint density at radius 2 is 1.86 bits per heavy atom. The van der Waals surface area contributed by atoms with Crippen molar-refractivity contribution in [2.24, 2.45) is 34.5 Å². The highest BCUT2D eigenvalue weighted by atomic mass is 16.3. The molecule has 4 rings (SSSR count). The fourth-order valence-electron chi connectivity index (χ4n) is 6.94. The van der Waals surface area contributed by atoms with E-state index >= 15 is 0 Å². The summed E-state index contributed by atoms with van der Waals surface area (Å²) >= 11 is 0. The highest BCUT2D eigenvalue weighted by molar-refractivity contribution is 5.87. The van der Waals surface area contributed by atoms with E-state index in [9.17, 15) is 14.7 Å². The zero-order valence-corrected chi connectivity index (χ0v) is 13.8. The van der Waals surface area contributed by atoms with Gasteiger partial charge in [-0.3, -0.25) is 9.59 Å². The van der Waals surface area contributed by atoms with E-state index in [0.29, 0.717) is 60.9 Å². The first kappa shape index (κ1) is 14.9. The van der Waals surface area contributed by atoms with Gasteiger partial charge in [-0.25, -0.2) is 0 Å². The lowest BCUT2D eigenvalue weighted by Gasteiger charge is -2.60. The van der Waals surface area contributed by atoms with Gasteiger partial charge in [0.15, 0.2) is 0 Å². The Kier molecular flexibility index (Phi) is 3.15. The molecule has 122 valence electrons. The molecule has 1 N–H and O–H groups in total. The summed E-state index contributed by atoms with van der Waals surface area (Å²) in [5.41, 5.74) is -0.183. The molecule has 0 aromatic heterocycles. The van der Waals surface area contributed by atoms with E-state index in [1.165, 1.54) is 0 Å². The zero-order chi connectivity index (χ0) is 15.7. The van der Waals surface area contributed by atoms with Crippen molar-refractivity contribution in [3.8, 4) is 0 Å². The van der Waals surface area contributed by atoms with E-state index in [1.807, 2.05) is 0 Å². The van der Waals surface area contributed by atoms with Crippen LogP contribution in [-0.2, 0) is 9.59 Å². The van der Waals surface area contributed by atoms with Gasteiger partial charge in [-0.1, -0.05) is 13.8 Å². The molecule has 0 amide bonds. The number of ketones is 2. The molecule has 0 spiro atoms. The third-order valence-corrected chi connectivity index (χ3v) is 8.12. The maximum Gasteiger partial charge on any atom is 0.139 e. The van der Waals surface area contributed by atoms with Crippen LogP contribution in [0.5, 0.6) is 0 Å². The van der Waals surface area contributed by atoms with Crippen LogP contribution < -0.4 is 0 Å². The first-order valence-corrected chi connectivity index (χ1v) is 9.09. The highest BCUT2D eigenvalue weighted by Crippen LogP contribution is 2.65. The predicted molar refractivity (Wildman–Crippen MR) is 83.1 cm³/mol. The molecule has 0 bridgehead atoms. The average molecular weight is 304 g/mol. The number of fused-ring (bicyclic) bond motifs is 5. The lowest BCUT2D eigenvalue weighted by Crippen LogP contribution is -2.58. The zero-order valence-electron chi connectivity index (χ0n) is 13.8. The van der Waals surface area contributed by atoms with Crippen LogP contribution in [0.3, 0.4) is 0 Å². The largest absolute Gasteiger partial charge is 0.393 e. The van der Waals surface area contributed by atoms with Crippen molar-refractivity contribution in [1.82, 2.24) is 0 Å². The molecule has 0 radical (unpaired) electrons. The number of aliphatic hydroxyl groups is 1. The number of rotatable bonds is 0.